The van der Waals surface area contributed by atoms with Crippen molar-refractivity contribution in [3.8, 4) is 11.3 Å². The number of rotatable bonds is 6. The molecule has 1 aliphatic heterocycles. The fourth-order valence-electron chi connectivity index (χ4n) is 2.89. The number of nitrogens with two attached hydrogens (primary N) is 1. The molecule has 0 unspecified atom stereocenters. The number of nitrogens with one attached hydrogen (secondary N) is 1. The molecular formula is C18H23N5O5S. The van der Waals surface area contributed by atoms with Gasteiger partial charge in [0.05, 0.1) is 30.0 Å². The average Bonchev–Trinajstić information content (AvgIpc) is 2.73. The molecule has 0 spiro atoms. The highest BCUT2D eigenvalue weighted by atomic mass is 32.2. The zero-order valence-electron chi connectivity index (χ0n) is 16.2. The molecule has 3 rings (SSSR count). The summed E-state index contributed by atoms with van der Waals surface area (Å²) in [7, 11) is -2.23. The molecule has 29 heavy (non-hydrogen) atoms. The van der Waals surface area contributed by atoms with E-state index in [1.807, 2.05) is 6.92 Å². The van der Waals surface area contributed by atoms with Gasteiger partial charge in [0, 0.05) is 25.8 Å². The summed E-state index contributed by atoms with van der Waals surface area (Å²) in [5.74, 6) is -0.564. The zero-order valence-corrected chi connectivity index (χ0v) is 17.0. The topological polar surface area (TPSA) is 137 Å². The minimum atomic E-state index is -3.67. The highest BCUT2D eigenvalue weighted by molar-refractivity contribution is 7.89. The van der Waals surface area contributed by atoms with Crippen LogP contribution in [0.5, 0.6) is 0 Å². The molecule has 0 bridgehead atoms. The summed E-state index contributed by atoms with van der Waals surface area (Å²) in [6.07, 6.45) is 1.41. The summed E-state index contributed by atoms with van der Waals surface area (Å²) in [5, 5.41) is 2.50. The Morgan fingerprint density at radius 2 is 2.07 bits per heavy atom. The molecule has 156 valence electrons. The summed E-state index contributed by atoms with van der Waals surface area (Å²) in [6.45, 7) is 3.15. The number of carbonyl (C=O) groups is 1. The Morgan fingerprint density at radius 3 is 2.76 bits per heavy atom. The van der Waals surface area contributed by atoms with Crippen LogP contribution in [0.3, 0.4) is 0 Å². The molecule has 1 amide bonds. The van der Waals surface area contributed by atoms with E-state index in [-0.39, 0.29) is 23.1 Å². The lowest BCUT2D eigenvalue weighted by Crippen LogP contribution is -2.40. The summed E-state index contributed by atoms with van der Waals surface area (Å²) in [6, 6.07) is 4.79. The fourth-order valence-corrected chi connectivity index (χ4v) is 4.32. The highest BCUT2D eigenvalue weighted by Gasteiger charge is 2.27. The predicted molar refractivity (Wildman–Crippen MR) is 106 cm³/mol. The Morgan fingerprint density at radius 1 is 1.34 bits per heavy atom. The molecule has 0 radical (unpaired) electrons. The Labute approximate surface area is 169 Å². The van der Waals surface area contributed by atoms with Crippen LogP contribution in [0, 0.1) is 6.92 Å². The van der Waals surface area contributed by atoms with Gasteiger partial charge in [0.2, 0.25) is 10.0 Å². The first-order valence-corrected chi connectivity index (χ1v) is 10.4. The lowest BCUT2D eigenvalue weighted by Gasteiger charge is -2.26. The molecule has 0 saturated carbocycles. The number of nitrogens with zero attached hydrogens (tertiary/aromatic N) is 3. The number of nitrogen functional groups attached to an aromatic ring is 1. The van der Waals surface area contributed by atoms with Gasteiger partial charge in [-0.1, -0.05) is 6.07 Å². The van der Waals surface area contributed by atoms with E-state index in [1.165, 1.54) is 23.7 Å². The molecule has 2 heterocycles. The maximum atomic E-state index is 13.0. The smallest absolute Gasteiger partial charge is 0.275 e. The molecule has 2 aromatic rings. The van der Waals surface area contributed by atoms with Gasteiger partial charge in [-0.3, -0.25) is 4.79 Å². The first-order chi connectivity index (χ1) is 13.8. The number of carbonyl (C=O) groups excluding carboxylic acids is 1. The predicted octanol–water partition coefficient (Wildman–Crippen LogP) is 0.389. The maximum absolute atomic E-state index is 13.0. The zero-order chi connectivity index (χ0) is 21.0. The summed E-state index contributed by atoms with van der Waals surface area (Å²) >= 11 is 0. The van der Waals surface area contributed by atoms with Crippen molar-refractivity contribution in [2.45, 2.75) is 11.8 Å². The van der Waals surface area contributed by atoms with E-state index in [2.05, 4.69) is 15.3 Å². The van der Waals surface area contributed by atoms with Gasteiger partial charge in [-0.2, -0.15) is 4.31 Å². The third-order valence-corrected chi connectivity index (χ3v) is 6.38. The minimum Gasteiger partial charge on any atom is -0.382 e. The summed E-state index contributed by atoms with van der Waals surface area (Å²) < 4.78 is 37.4. The van der Waals surface area contributed by atoms with Gasteiger partial charge in [-0.15, -0.1) is 0 Å². The second-order valence-corrected chi connectivity index (χ2v) is 8.36. The van der Waals surface area contributed by atoms with Crippen molar-refractivity contribution >= 4 is 21.7 Å². The van der Waals surface area contributed by atoms with Crippen molar-refractivity contribution in [1.29, 1.82) is 0 Å². The van der Waals surface area contributed by atoms with Crippen LogP contribution in [-0.4, -0.2) is 68.7 Å². The third-order valence-electron chi connectivity index (χ3n) is 4.49. The van der Waals surface area contributed by atoms with Crippen LogP contribution < -0.4 is 11.1 Å². The highest BCUT2D eigenvalue weighted by Crippen LogP contribution is 2.27. The molecule has 11 heteroatoms. The van der Waals surface area contributed by atoms with Gasteiger partial charge < -0.3 is 20.5 Å². The van der Waals surface area contributed by atoms with E-state index in [4.69, 9.17) is 15.2 Å². The number of aryl methyl sites for hydroxylation is 1. The van der Waals surface area contributed by atoms with Crippen LogP contribution in [0.25, 0.3) is 11.3 Å². The SMILES string of the molecule is COCNC(=O)c1nc(-c2cc(S(=O)(=O)N3CCOCC3)ccc2C)cnc1N. The number of hydrogen-bond acceptors (Lipinski definition) is 8. The Hall–Kier alpha value is -2.60. The number of benzene rings is 1. The first-order valence-electron chi connectivity index (χ1n) is 8.93. The molecule has 1 aliphatic rings. The Balaban J connectivity index is 1.99. The number of ether oxygens (including phenoxy) is 2. The molecule has 0 aliphatic carbocycles. The van der Waals surface area contributed by atoms with Crippen molar-refractivity contribution in [3.63, 3.8) is 0 Å². The van der Waals surface area contributed by atoms with E-state index >= 15 is 0 Å². The maximum Gasteiger partial charge on any atom is 0.275 e. The second-order valence-electron chi connectivity index (χ2n) is 6.42. The number of sulfonamides is 1. The number of hydrogen-bond donors (Lipinski definition) is 2. The van der Waals surface area contributed by atoms with E-state index < -0.39 is 15.9 Å². The van der Waals surface area contributed by atoms with Crippen LogP contribution in [0.1, 0.15) is 16.1 Å². The van der Waals surface area contributed by atoms with Crippen LogP contribution in [0.15, 0.2) is 29.3 Å². The van der Waals surface area contributed by atoms with Gasteiger partial charge in [-0.25, -0.2) is 18.4 Å². The van der Waals surface area contributed by atoms with Gasteiger partial charge in [0.15, 0.2) is 11.5 Å². The number of morpholine rings is 1. The first kappa shape index (κ1) is 21.1. The fraction of sp³-hybridized carbons (Fsp3) is 0.389. The van der Waals surface area contributed by atoms with Crippen molar-refractivity contribution in [3.05, 3.63) is 35.7 Å². The van der Waals surface area contributed by atoms with E-state index in [9.17, 15) is 13.2 Å². The van der Waals surface area contributed by atoms with E-state index in [0.717, 1.165) is 5.56 Å². The van der Waals surface area contributed by atoms with Gasteiger partial charge >= 0.3 is 0 Å². The summed E-state index contributed by atoms with van der Waals surface area (Å²) in [5.41, 5.74) is 7.41. The molecule has 0 atom stereocenters. The minimum absolute atomic E-state index is 0.00349. The second kappa shape index (κ2) is 8.82. The van der Waals surface area contributed by atoms with E-state index in [1.54, 1.807) is 12.1 Å². The Kier molecular flexibility index (Phi) is 6.42. The quantitative estimate of drug-likeness (QED) is 0.639. The molecular weight excluding hydrogens is 398 g/mol. The standard InChI is InChI=1S/C18H23N5O5S/c1-12-3-4-13(29(25,26)23-5-7-28-8-6-23)9-14(12)15-10-20-17(19)16(22-15)18(24)21-11-27-2/h3-4,9-10H,5-8,11H2,1-2H3,(H2,19,20)(H,21,24). The van der Waals surface area contributed by atoms with Crippen LogP contribution in [0.4, 0.5) is 5.82 Å². The summed E-state index contributed by atoms with van der Waals surface area (Å²) in [4.78, 5) is 20.7. The number of aromatic nitrogens is 2. The van der Waals surface area contributed by atoms with Crippen LogP contribution >= 0.6 is 0 Å². The lowest BCUT2D eigenvalue weighted by molar-refractivity contribution is 0.0730. The number of methoxy groups -OCH3 is 1. The molecule has 1 fully saturated rings. The van der Waals surface area contributed by atoms with Crippen LogP contribution in [0.2, 0.25) is 0 Å². The van der Waals surface area contributed by atoms with Gasteiger partial charge in [-0.05, 0) is 24.6 Å². The molecule has 3 N–H and O–H groups in total. The molecule has 1 aromatic carbocycles. The molecule has 10 nitrogen and oxygen atoms in total. The molecule has 1 aromatic heterocycles. The van der Waals surface area contributed by atoms with Crippen molar-refractivity contribution in [1.82, 2.24) is 19.6 Å². The monoisotopic (exact) mass is 421 g/mol. The molecule has 1 saturated heterocycles. The lowest BCUT2D eigenvalue weighted by atomic mass is 10.1. The Bertz CT molecular complexity index is 1010. The van der Waals surface area contributed by atoms with E-state index in [0.29, 0.717) is 37.6 Å². The van der Waals surface area contributed by atoms with Gasteiger partial charge in [0.25, 0.3) is 5.91 Å². The normalized spacial score (nSPS) is 15.2. The van der Waals surface area contributed by atoms with Gasteiger partial charge in [0.1, 0.15) is 6.73 Å². The average molecular weight is 421 g/mol. The van der Waals surface area contributed by atoms with Crippen LogP contribution in [-0.2, 0) is 19.5 Å². The third kappa shape index (κ3) is 4.53. The largest absolute Gasteiger partial charge is 0.382 e. The van der Waals surface area contributed by atoms with Crippen molar-refractivity contribution < 1.29 is 22.7 Å². The number of anilines is 1. The number of amides is 1. The van der Waals surface area contributed by atoms with Crippen molar-refractivity contribution in [2.75, 3.05) is 45.9 Å². The van der Waals surface area contributed by atoms with Crippen molar-refractivity contribution in [2.24, 2.45) is 0 Å².